The summed E-state index contributed by atoms with van der Waals surface area (Å²) in [4.78, 5) is 8.67. The zero-order valence-electron chi connectivity index (χ0n) is 10.6. The summed E-state index contributed by atoms with van der Waals surface area (Å²) < 4.78 is 13.6. The number of rotatable bonds is 3. The van der Waals surface area contributed by atoms with Gasteiger partial charge in [0.1, 0.15) is 11.0 Å². The second-order valence-corrected chi connectivity index (χ2v) is 5.97. The molecule has 0 aliphatic rings. The van der Waals surface area contributed by atoms with Gasteiger partial charge in [0.15, 0.2) is 5.82 Å². The first-order valence-corrected chi connectivity index (χ1v) is 7.11. The van der Waals surface area contributed by atoms with Crippen molar-refractivity contribution in [1.29, 1.82) is 0 Å². The van der Waals surface area contributed by atoms with E-state index >= 15 is 0 Å². The summed E-state index contributed by atoms with van der Waals surface area (Å²) in [7, 11) is 0. The molecule has 1 heterocycles. The van der Waals surface area contributed by atoms with Crippen molar-refractivity contribution in [2.24, 2.45) is 5.92 Å². The average molecular weight is 344 g/mol. The summed E-state index contributed by atoms with van der Waals surface area (Å²) >= 11 is 9.17. The lowest BCUT2D eigenvalue weighted by molar-refractivity contribution is 0.621. The van der Waals surface area contributed by atoms with Gasteiger partial charge in [0.05, 0.1) is 4.47 Å². The SMILES string of the molecule is CC(C)Cc1cc(Cl)nc(-c2ccc(F)c(Br)c2)n1. The molecule has 1 aromatic heterocycles. The molecule has 0 bridgehead atoms. The summed E-state index contributed by atoms with van der Waals surface area (Å²) in [5.74, 6) is 0.691. The first-order valence-electron chi connectivity index (χ1n) is 5.94. The van der Waals surface area contributed by atoms with Crippen LogP contribution in [0, 0.1) is 11.7 Å². The van der Waals surface area contributed by atoms with E-state index < -0.39 is 0 Å². The van der Waals surface area contributed by atoms with Gasteiger partial charge in [-0.2, -0.15) is 0 Å². The second-order valence-electron chi connectivity index (χ2n) is 4.73. The minimum atomic E-state index is -0.312. The van der Waals surface area contributed by atoms with Crippen LogP contribution in [0.15, 0.2) is 28.7 Å². The van der Waals surface area contributed by atoms with Crippen LogP contribution >= 0.6 is 27.5 Å². The van der Waals surface area contributed by atoms with E-state index in [4.69, 9.17) is 11.6 Å². The summed E-state index contributed by atoms with van der Waals surface area (Å²) in [6.45, 7) is 4.23. The topological polar surface area (TPSA) is 25.8 Å². The Balaban J connectivity index is 2.43. The van der Waals surface area contributed by atoms with Crippen molar-refractivity contribution < 1.29 is 4.39 Å². The molecule has 0 saturated carbocycles. The zero-order valence-corrected chi connectivity index (χ0v) is 13.0. The van der Waals surface area contributed by atoms with Crippen LogP contribution in [0.2, 0.25) is 5.15 Å². The number of halogens is 3. The molecule has 1 aromatic carbocycles. The Labute approximate surface area is 125 Å². The fourth-order valence-electron chi connectivity index (χ4n) is 1.75. The van der Waals surface area contributed by atoms with E-state index in [1.807, 2.05) is 0 Å². The van der Waals surface area contributed by atoms with E-state index in [1.165, 1.54) is 6.07 Å². The van der Waals surface area contributed by atoms with Crippen LogP contribution in [0.1, 0.15) is 19.5 Å². The molecule has 0 unspecified atom stereocenters. The third-order valence-electron chi connectivity index (χ3n) is 2.54. The van der Waals surface area contributed by atoms with Gasteiger partial charge in [0, 0.05) is 11.3 Å². The Kier molecular flexibility index (Phi) is 4.53. The van der Waals surface area contributed by atoms with E-state index in [9.17, 15) is 4.39 Å². The monoisotopic (exact) mass is 342 g/mol. The van der Waals surface area contributed by atoms with Crippen LogP contribution in [-0.4, -0.2) is 9.97 Å². The molecule has 2 aromatic rings. The highest BCUT2D eigenvalue weighted by molar-refractivity contribution is 9.10. The predicted octanol–water partition coefficient (Wildman–Crippen LogP) is 4.90. The Bertz CT molecular complexity index is 602. The average Bonchev–Trinajstić information content (AvgIpc) is 2.31. The van der Waals surface area contributed by atoms with Crippen molar-refractivity contribution in [2.75, 3.05) is 0 Å². The number of hydrogen-bond donors (Lipinski definition) is 0. The predicted molar refractivity (Wildman–Crippen MR) is 78.7 cm³/mol. The van der Waals surface area contributed by atoms with Gasteiger partial charge in [0.25, 0.3) is 0 Å². The zero-order chi connectivity index (χ0) is 14.0. The molecule has 0 aliphatic heterocycles. The lowest BCUT2D eigenvalue weighted by Gasteiger charge is -2.08. The van der Waals surface area contributed by atoms with Gasteiger partial charge < -0.3 is 0 Å². The van der Waals surface area contributed by atoms with Crippen LogP contribution in [0.4, 0.5) is 4.39 Å². The molecular formula is C14H13BrClFN2. The molecule has 0 spiro atoms. The second kappa shape index (κ2) is 5.97. The molecule has 2 nitrogen and oxygen atoms in total. The van der Waals surface area contributed by atoms with Crippen molar-refractivity contribution in [1.82, 2.24) is 9.97 Å². The van der Waals surface area contributed by atoms with E-state index in [1.54, 1.807) is 18.2 Å². The van der Waals surface area contributed by atoms with Crippen molar-refractivity contribution in [2.45, 2.75) is 20.3 Å². The molecule has 0 atom stereocenters. The first-order chi connectivity index (χ1) is 8.95. The van der Waals surface area contributed by atoms with Crippen molar-refractivity contribution >= 4 is 27.5 Å². The Morgan fingerprint density at radius 3 is 2.63 bits per heavy atom. The highest BCUT2D eigenvalue weighted by Crippen LogP contribution is 2.24. The van der Waals surface area contributed by atoms with Crippen LogP contribution in [0.3, 0.4) is 0 Å². The molecule has 0 aliphatic carbocycles. The third kappa shape index (κ3) is 3.74. The standard InChI is InChI=1S/C14H13BrClFN2/c1-8(2)5-10-7-13(16)19-14(18-10)9-3-4-12(17)11(15)6-9/h3-4,6-8H,5H2,1-2H3. The smallest absolute Gasteiger partial charge is 0.161 e. The molecule has 0 amide bonds. The molecule has 0 saturated heterocycles. The summed E-state index contributed by atoms with van der Waals surface area (Å²) in [6.07, 6.45) is 0.831. The molecule has 2 rings (SSSR count). The van der Waals surface area contributed by atoms with Gasteiger partial charge in [-0.25, -0.2) is 14.4 Å². The summed E-state index contributed by atoms with van der Waals surface area (Å²) in [5, 5.41) is 0.404. The fourth-order valence-corrected chi connectivity index (χ4v) is 2.34. The molecule has 0 fully saturated rings. The van der Waals surface area contributed by atoms with Crippen LogP contribution in [0.5, 0.6) is 0 Å². The maximum atomic E-state index is 13.2. The number of benzene rings is 1. The normalized spacial score (nSPS) is 11.1. The van der Waals surface area contributed by atoms with Crippen LogP contribution < -0.4 is 0 Å². The lowest BCUT2D eigenvalue weighted by Crippen LogP contribution is -2.00. The minimum absolute atomic E-state index is 0.312. The molecule has 0 N–H and O–H groups in total. The van der Waals surface area contributed by atoms with Crippen molar-refractivity contribution in [3.05, 3.63) is 45.4 Å². The summed E-state index contributed by atoms with van der Waals surface area (Å²) in [6, 6.07) is 6.44. The lowest BCUT2D eigenvalue weighted by atomic mass is 10.1. The highest BCUT2D eigenvalue weighted by Gasteiger charge is 2.09. The van der Waals surface area contributed by atoms with E-state index in [2.05, 4.69) is 39.7 Å². The van der Waals surface area contributed by atoms with E-state index in [0.717, 1.165) is 17.7 Å². The molecule has 19 heavy (non-hydrogen) atoms. The van der Waals surface area contributed by atoms with Gasteiger partial charge in [-0.3, -0.25) is 0 Å². The largest absolute Gasteiger partial charge is 0.233 e. The van der Waals surface area contributed by atoms with Crippen molar-refractivity contribution in [3.8, 4) is 11.4 Å². The Morgan fingerprint density at radius 2 is 2.00 bits per heavy atom. The Morgan fingerprint density at radius 1 is 1.26 bits per heavy atom. The van der Waals surface area contributed by atoms with E-state index in [0.29, 0.717) is 21.4 Å². The molecule has 5 heteroatoms. The molecule has 0 radical (unpaired) electrons. The minimum Gasteiger partial charge on any atom is -0.233 e. The van der Waals surface area contributed by atoms with Gasteiger partial charge in [-0.1, -0.05) is 25.4 Å². The maximum Gasteiger partial charge on any atom is 0.161 e. The van der Waals surface area contributed by atoms with Gasteiger partial charge in [0.2, 0.25) is 0 Å². The number of hydrogen-bond acceptors (Lipinski definition) is 2. The highest BCUT2D eigenvalue weighted by atomic mass is 79.9. The summed E-state index contributed by atoms with van der Waals surface area (Å²) in [5.41, 5.74) is 1.63. The third-order valence-corrected chi connectivity index (χ3v) is 3.34. The molecule has 100 valence electrons. The van der Waals surface area contributed by atoms with E-state index in [-0.39, 0.29) is 5.82 Å². The maximum absolute atomic E-state index is 13.2. The van der Waals surface area contributed by atoms with Gasteiger partial charge in [-0.05, 0) is 52.5 Å². The Hall–Kier alpha value is -1.00. The molecular weight excluding hydrogens is 331 g/mol. The van der Waals surface area contributed by atoms with Crippen molar-refractivity contribution in [3.63, 3.8) is 0 Å². The first kappa shape index (κ1) is 14.4. The van der Waals surface area contributed by atoms with Crippen LogP contribution in [0.25, 0.3) is 11.4 Å². The van der Waals surface area contributed by atoms with Gasteiger partial charge in [-0.15, -0.1) is 0 Å². The van der Waals surface area contributed by atoms with Gasteiger partial charge >= 0.3 is 0 Å². The quantitative estimate of drug-likeness (QED) is 0.741. The van der Waals surface area contributed by atoms with Crippen LogP contribution in [-0.2, 0) is 6.42 Å². The number of aromatic nitrogens is 2. The number of nitrogens with zero attached hydrogens (tertiary/aromatic N) is 2. The fraction of sp³-hybridized carbons (Fsp3) is 0.286.